The second-order valence-corrected chi connectivity index (χ2v) is 8.10. The first-order chi connectivity index (χ1) is 12.1. The second kappa shape index (κ2) is 8.42. The van der Waals surface area contributed by atoms with Gasteiger partial charge in [-0.2, -0.15) is 0 Å². The van der Waals surface area contributed by atoms with Crippen molar-refractivity contribution in [2.24, 2.45) is 23.7 Å². The van der Waals surface area contributed by atoms with Gasteiger partial charge >= 0.3 is 0 Å². The number of rotatable bonds is 5. The summed E-state index contributed by atoms with van der Waals surface area (Å²) in [5, 5.41) is 0. The summed E-state index contributed by atoms with van der Waals surface area (Å²) in [5.41, 5.74) is 0.571. The van der Waals surface area contributed by atoms with Gasteiger partial charge in [-0.15, -0.1) is 6.58 Å². The van der Waals surface area contributed by atoms with Crippen molar-refractivity contribution in [3.63, 3.8) is 0 Å². The van der Waals surface area contributed by atoms with Crippen LogP contribution in [0.5, 0.6) is 0 Å². The van der Waals surface area contributed by atoms with Crippen LogP contribution in [0.3, 0.4) is 0 Å². The Morgan fingerprint density at radius 3 is 1.92 bits per heavy atom. The van der Waals surface area contributed by atoms with Gasteiger partial charge in [0.05, 0.1) is 0 Å². The molecule has 0 saturated heterocycles. The number of benzene rings is 1. The van der Waals surface area contributed by atoms with Gasteiger partial charge in [-0.3, -0.25) is 0 Å². The summed E-state index contributed by atoms with van der Waals surface area (Å²) in [4.78, 5) is 0. The van der Waals surface area contributed by atoms with Crippen LogP contribution in [0.4, 0.5) is 13.2 Å². The number of halogens is 3. The highest BCUT2D eigenvalue weighted by atomic mass is 19.2. The minimum atomic E-state index is -1.37. The summed E-state index contributed by atoms with van der Waals surface area (Å²) in [6.45, 7) is 3.93. The highest BCUT2D eigenvalue weighted by Gasteiger charge is 2.30. The smallest absolute Gasteiger partial charge is 0.194 e. The second-order valence-electron chi connectivity index (χ2n) is 8.10. The van der Waals surface area contributed by atoms with E-state index in [0.717, 1.165) is 36.3 Å². The molecular formula is C22H33F3. The molecule has 0 aromatic heterocycles. The molecule has 0 heterocycles. The molecule has 3 rings (SSSR count). The average Bonchev–Trinajstić information content (AvgIpc) is 2.65. The average molecular weight is 355 g/mol. The van der Waals surface area contributed by atoms with Crippen molar-refractivity contribution in [1.29, 1.82) is 0 Å². The zero-order valence-electron chi connectivity index (χ0n) is 15.0. The summed E-state index contributed by atoms with van der Waals surface area (Å²) >= 11 is 0. The molecule has 25 heavy (non-hydrogen) atoms. The van der Waals surface area contributed by atoms with Crippen molar-refractivity contribution < 1.29 is 16.0 Å². The largest absolute Gasteiger partial charge is 0.204 e. The molecule has 0 bridgehead atoms. The lowest BCUT2D eigenvalue weighted by molar-refractivity contribution is 0.153. The number of allylic oxidation sites excluding steroid dienone is 1. The Kier molecular flexibility index (Phi) is 6.24. The third-order valence-electron chi connectivity index (χ3n) is 6.59. The fourth-order valence-corrected chi connectivity index (χ4v) is 4.92. The third-order valence-corrected chi connectivity index (χ3v) is 6.59. The van der Waals surface area contributed by atoms with E-state index >= 15 is 0 Å². The molecule has 2 fully saturated rings. The summed E-state index contributed by atoms with van der Waals surface area (Å²) in [6, 6.07) is 2.28. The quantitative estimate of drug-likeness (QED) is 0.383. The maximum Gasteiger partial charge on any atom is 0.194 e. The van der Waals surface area contributed by atoms with E-state index in [9.17, 15) is 13.2 Å². The van der Waals surface area contributed by atoms with Crippen LogP contribution in [-0.2, 0) is 6.42 Å². The predicted molar refractivity (Wildman–Crippen MR) is 100.0 cm³/mol. The van der Waals surface area contributed by atoms with E-state index in [1.165, 1.54) is 51.4 Å². The lowest BCUT2D eigenvalue weighted by Crippen LogP contribution is -2.25. The normalized spacial score (nSPS) is 30.2. The van der Waals surface area contributed by atoms with Crippen molar-refractivity contribution in [3.05, 3.63) is 47.8 Å². The lowest BCUT2D eigenvalue weighted by Gasteiger charge is -2.37. The van der Waals surface area contributed by atoms with Crippen molar-refractivity contribution in [1.82, 2.24) is 0 Å². The number of aryl methyl sites for hydroxylation is 1. The summed E-state index contributed by atoms with van der Waals surface area (Å²) in [5.74, 6) is -0.403. The predicted octanol–water partition coefficient (Wildman–Crippen LogP) is 7.33. The molecule has 1 aromatic rings. The van der Waals surface area contributed by atoms with Crippen LogP contribution in [0.25, 0.3) is 0 Å². The van der Waals surface area contributed by atoms with Crippen LogP contribution in [0.2, 0.25) is 0 Å². The SMILES string of the molecule is C=CC1CCC(C2CCC(CCc3cc(F)c(F)c(F)c3)CC2)CC1.[HH].[HH]. The molecule has 0 spiro atoms. The minimum Gasteiger partial charge on any atom is -0.204 e. The number of hydrogen-bond acceptors (Lipinski definition) is 0. The van der Waals surface area contributed by atoms with Gasteiger partial charge < -0.3 is 0 Å². The van der Waals surface area contributed by atoms with Gasteiger partial charge in [0, 0.05) is 2.85 Å². The van der Waals surface area contributed by atoms with E-state index in [1.54, 1.807) is 0 Å². The van der Waals surface area contributed by atoms with Crippen LogP contribution in [-0.4, -0.2) is 0 Å². The third kappa shape index (κ3) is 4.68. The molecule has 2 aliphatic carbocycles. The summed E-state index contributed by atoms with van der Waals surface area (Å²) < 4.78 is 39.6. The first-order valence-electron chi connectivity index (χ1n) is 9.82. The van der Waals surface area contributed by atoms with Gasteiger partial charge in [0.1, 0.15) is 0 Å². The molecule has 0 unspecified atom stereocenters. The molecule has 2 aliphatic rings. The van der Waals surface area contributed by atoms with Crippen LogP contribution in [0, 0.1) is 41.1 Å². The van der Waals surface area contributed by atoms with Crippen LogP contribution < -0.4 is 0 Å². The van der Waals surface area contributed by atoms with Gasteiger partial charge in [0.2, 0.25) is 0 Å². The van der Waals surface area contributed by atoms with E-state index < -0.39 is 17.5 Å². The van der Waals surface area contributed by atoms with E-state index in [0.29, 0.717) is 17.9 Å². The van der Waals surface area contributed by atoms with E-state index in [1.807, 2.05) is 0 Å². The summed E-state index contributed by atoms with van der Waals surface area (Å²) in [7, 11) is 0. The Balaban J connectivity index is 0.00000182. The molecule has 0 amide bonds. The van der Waals surface area contributed by atoms with Crippen molar-refractivity contribution in [2.75, 3.05) is 0 Å². The molecule has 1 aromatic carbocycles. The van der Waals surface area contributed by atoms with E-state index in [-0.39, 0.29) is 2.85 Å². The summed E-state index contributed by atoms with van der Waals surface area (Å²) in [6.07, 6.45) is 14.0. The Morgan fingerprint density at radius 2 is 1.40 bits per heavy atom. The fourth-order valence-electron chi connectivity index (χ4n) is 4.92. The Labute approximate surface area is 152 Å². The molecular weight excluding hydrogens is 321 g/mol. The van der Waals surface area contributed by atoms with Gasteiger partial charge in [-0.1, -0.05) is 18.9 Å². The minimum absolute atomic E-state index is 0. The molecule has 3 heteroatoms. The Hall–Kier alpha value is -1.25. The highest BCUT2D eigenvalue weighted by Crippen LogP contribution is 2.42. The number of hydrogen-bond donors (Lipinski definition) is 0. The van der Waals surface area contributed by atoms with Crippen LogP contribution >= 0.6 is 0 Å². The fraction of sp³-hybridized carbons (Fsp3) is 0.636. The molecule has 0 atom stereocenters. The first kappa shape index (κ1) is 18.5. The lowest BCUT2D eigenvalue weighted by atomic mass is 9.68. The molecule has 0 N–H and O–H groups in total. The highest BCUT2D eigenvalue weighted by molar-refractivity contribution is 5.19. The van der Waals surface area contributed by atoms with Crippen molar-refractivity contribution in [2.45, 2.75) is 64.2 Å². The topological polar surface area (TPSA) is 0 Å². The van der Waals surface area contributed by atoms with Crippen LogP contribution in [0.15, 0.2) is 24.8 Å². The molecule has 0 radical (unpaired) electrons. The van der Waals surface area contributed by atoms with Crippen molar-refractivity contribution in [3.8, 4) is 0 Å². The zero-order valence-corrected chi connectivity index (χ0v) is 15.0. The van der Waals surface area contributed by atoms with Gasteiger partial charge in [0.25, 0.3) is 0 Å². The molecule has 2 saturated carbocycles. The van der Waals surface area contributed by atoms with E-state index in [2.05, 4.69) is 12.7 Å². The Morgan fingerprint density at radius 1 is 0.880 bits per heavy atom. The van der Waals surface area contributed by atoms with Gasteiger partial charge in [0.15, 0.2) is 17.5 Å². The van der Waals surface area contributed by atoms with Gasteiger partial charge in [-0.05, 0) is 92.7 Å². The zero-order chi connectivity index (χ0) is 17.8. The monoisotopic (exact) mass is 354 g/mol. The van der Waals surface area contributed by atoms with Gasteiger partial charge in [-0.25, -0.2) is 13.2 Å². The van der Waals surface area contributed by atoms with Crippen LogP contribution in [0.1, 0.15) is 66.2 Å². The molecule has 0 nitrogen and oxygen atoms in total. The van der Waals surface area contributed by atoms with E-state index in [4.69, 9.17) is 0 Å². The maximum atomic E-state index is 13.3. The Bertz CT molecular complexity index is 566. The maximum absolute atomic E-state index is 13.3. The standard InChI is InChI=1S/C22H29F3.2H2/c1-2-15-5-9-18(10-6-15)19-11-7-16(8-12-19)3-4-17-13-20(23)22(25)21(24)14-17;;/h2,13-16,18-19H,1,3-12H2;2*1H. The first-order valence-corrected chi connectivity index (χ1v) is 9.82. The molecule has 0 aliphatic heterocycles. The van der Waals surface area contributed by atoms with Crippen molar-refractivity contribution >= 4 is 0 Å². The molecule has 142 valence electrons.